The fraction of sp³-hybridized carbons (Fsp3) is 0.846. The van der Waals surface area contributed by atoms with Crippen molar-refractivity contribution in [1.82, 2.24) is 10.2 Å². The SMILES string of the molecule is NC(=O)CC1CCN(C(=O)[C@@H]2CCCNC2)CC1. The number of likely N-dealkylation sites (tertiary alicyclic amines) is 1. The highest BCUT2D eigenvalue weighted by Gasteiger charge is 2.29. The van der Waals surface area contributed by atoms with E-state index in [1.165, 1.54) is 0 Å². The van der Waals surface area contributed by atoms with Crippen LogP contribution in [0.1, 0.15) is 32.1 Å². The fourth-order valence-corrected chi connectivity index (χ4v) is 2.96. The number of carbonyl (C=O) groups is 2. The van der Waals surface area contributed by atoms with Gasteiger partial charge in [-0.05, 0) is 38.1 Å². The average molecular weight is 253 g/mol. The van der Waals surface area contributed by atoms with Crippen LogP contribution in [0.15, 0.2) is 0 Å². The molecule has 2 heterocycles. The molecule has 5 heteroatoms. The zero-order valence-electron chi connectivity index (χ0n) is 10.9. The maximum Gasteiger partial charge on any atom is 0.226 e. The van der Waals surface area contributed by atoms with Crippen LogP contribution in [0.4, 0.5) is 0 Å². The maximum absolute atomic E-state index is 12.3. The van der Waals surface area contributed by atoms with Crippen LogP contribution in [0, 0.1) is 11.8 Å². The highest BCUT2D eigenvalue weighted by Crippen LogP contribution is 2.22. The van der Waals surface area contributed by atoms with Crippen molar-refractivity contribution in [2.75, 3.05) is 26.2 Å². The van der Waals surface area contributed by atoms with Gasteiger partial charge in [-0.2, -0.15) is 0 Å². The Morgan fingerprint density at radius 1 is 1.22 bits per heavy atom. The number of piperidine rings is 2. The molecule has 0 unspecified atom stereocenters. The number of nitrogens with one attached hydrogen (secondary N) is 1. The second kappa shape index (κ2) is 6.18. The summed E-state index contributed by atoms with van der Waals surface area (Å²) in [6.07, 6.45) is 4.39. The molecule has 0 radical (unpaired) electrons. The van der Waals surface area contributed by atoms with Gasteiger partial charge in [-0.3, -0.25) is 9.59 Å². The monoisotopic (exact) mass is 253 g/mol. The van der Waals surface area contributed by atoms with Crippen molar-refractivity contribution in [2.45, 2.75) is 32.1 Å². The number of rotatable bonds is 3. The van der Waals surface area contributed by atoms with Gasteiger partial charge in [0.15, 0.2) is 0 Å². The van der Waals surface area contributed by atoms with Gasteiger partial charge >= 0.3 is 0 Å². The summed E-state index contributed by atoms with van der Waals surface area (Å²) >= 11 is 0. The lowest BCUT2D eigenvalue weighted by molar-refractivity contribution is -0.137. The molecule has 0 spiro atoms. The number of hydrogen-bond donors (Lipinski definition) is 2. The molecule has 5 nitrogen and oxygen atoms in total. The van der Waals surface area contributed by atoms with E-state index < -0.39 is 0 Å². The third-order valence-electron chi connectivity index (χ3n) is 4.06. The Balaban J connectivity index is 1.78. The molecule has 2 saturated heterocycles. The van der Waals surface area contributed by atoms with Crippen LogP contribution in [-0.4, -0.2) is 42.9 Å². The number of carbonyl (C=O) groups excluding carboxylic acids is 2. The number of primary amides is 1. The van der Waals surface area contributed by atoms with Gasteiger partial charge in [0.1, 0.15) is 0 Å². The Bertz CT molecular complexity index is 305. The van der Waals surface area contributed by atoms with Crippen LogP contribution in [0.3, 0.4) is 0 Å². The maximum atomic E-state index is 12.3. The summed E-state index contributed by atoms with van der Waals surface area (Å²) in [4.78, 5) is 25.1. The van der Waals surface area contributed by atoms with Crippen LogP contribution in [-0.2, 0) is 9.59 Å². The third-order valence-corrected chi connectivity index (χ3v) is 4.06. The molecule has 2 fully saturated rings. The number of nitrogens with two attached hydrogens (primary N) is 1. The molecule has 0 aromatic rings. The molecule has 2 aliphatic rings. The van der Waals surface area contributed by atoms with Crippen molar-refractivity contribution in [3.05, 3.63) is 0 Å². The molecule has 0 aromatic carbocycles. The van der Waals surface area contributed by atoms with E-state index in [2.05, 4.69) is 5.32 Å². The molecule has 0 bridgehead atoms. The predicted molar refractivity (Wildman–Crippen MR) is 68.7 cm³/mol. The van der Waals surface area contributed by atoms with E-state index in [0.29, 0.717) is 18.2 Å². The van der Waals surface area contributed by atoms with Gasteiger partial charge in [-0.1, -0.05) is 0 Å². The minimum Gasteiger partial charge on any atom is -0.370 e. The first-order chi connectivity index (χ1) is 8.66. The summed E-state index contributed by atoms with van der Waals surface area (Å²) in [6.45, 7) is 3.42. The average Bonchev–Trinajstić information content (AvgIpc) is 2.39. The van der Waals surface area contributed by atoms with E-state index >= 15 is 0 Å². The second-order valence-corrected chi connectivity index (χ2v) is 5.48. The first kappa shape index (κ1) is 13.3. The summed E-state index contributed by atoms with van der Waals surface area (Å²) in [7, 11) is 0. The molecular weight excluding hydrogens is 230 g/mol. The molecule has 0 aliphatic carbocycles. The normalized spacial score (nSPS) is 26.0. The smallest absolute Gasteiger partial charge is 0.226 e. The van der Waals surface area contributed by atoms with E-state index in [1.807, 2.05) is 4.90 Å². The van der Waals surface area contributed by atoms with Gasteiger partial charge in [0, 0.05) is 26.1 Å². The second-order valence-electron chi connectivity index (χ2n) is 5.48. The van der Waals surface area contributed by atoms with Crippen molar-refractivity contribution in [3.8, 4) is 0 Å². The predicted octanol–water partition coefficient (Wildman–Crippen LogP) is 0.1000. The standard InChI is InChI=1S/C13H23N3O2/c14-12(17)8-10-3-6-16(7-4-10)13(18)11-2-1-5-15-9-11/h10-11,15H,1-9H2,(H2,14,17)/t11-/m1/s1. The molecule has 0 saturated carbocycles. The van der Waals surface area contributed by atoms with Crippen molar-refractivity contribution in [3.63, 3.8) is 0 Å². The zero-order chi connectivity index (χ0) is 13.0. The molecule has 102 valence electrons. The zero-order valence-corrected chi connectivity index (χ0v) is 10.9. The Morgan fingerprint density at radius 3 is 2.50 bits per heavy atom. The van der Waals surface area contributed by atoms with Crippen LogP contribution < -0.4 is 11.1 Å². The van der Waals surface area contributed by atoms with Gasteiger partial charge in [0.2, 0.25) is 11.8 Å². The van der Waals surface area contributed by atoms with Gasteiger partial charge < -0.3 is 16.0 Å². The lowest BCUT2D eigenvalue weighted by Crippen LogP contribution is -2.46. The van der Waals surface area contributed by atoms with Crippen molar-refractivity contribution >= 4 is 11.8 Å². The molecule has 18 heavy (non-hydrogen) atoms. The topological polar surface area (TPSA) is 75.4 Å². The van der Waals surface area contributed by atoms with Crippen LogP contribution in [0.2, 0.25) is 0 Å². The van der Waals surface area contributed by atoms with Gasteiger partial charge in [-0.25, -0.2) is 0 Å². The third kappa shape index (κ3) is 3.45. The first-order valence-electron chi connectivity index (χ1n) is 6.94. The largest absolute Gasteiger partial charge is 0.370 e. The van der Waals surface area contributed by atoms with E-state index in [9.17, 15) is 9.59 Å². The van der Waals surface area contributed by atoms with Crippen LogP contribution in [0.25, 0.3) is 0 Å². The molecular formula is C13H23N3O2. The van der Waals surface area contributed by atoms with Crippen molar-refractivity contribution < 1.29 is 9.59 Å². The van der Waals surface area contributed by atoms with E-state index in [4.69, 9.17) is 5.73 Å². The summed E-state index contributed by atoms with van der Waals surface area (Å²) in [5, 5.41) is 3.28. The van der Waals surface area contributed by atoms with Crippen LogP contribution in [0.5, 0.6) is 0 Å². The fourth-order valence-electron chi connectivity index (χ4n) is 2.96. The Hall–Kier alpha value is -1.10. The van der Waals surface area contributed by atoms with Gasteiger partial charge in [-0.15, -0.1) is 0 Å². The Kier molecular flexibility index (Phi) is 4.58. The summed E-state index contributed by atoms with van der Waals surface area (Å²) < 4.78 is 0. The molecule has 0 aromatic heterocycles. The minimum atomic E-state index is -0.226. The van der Waals surface area contributed by atoms with Crippen molar-refractivity contribution in [2.24, 2.45) is 17.6 Å². The molecule has 1 atom stereocenters. The lowest BCUT2D eigenvalue weighted by Gasteiger charge is -2.35. The molecule has 2 rings (SSSR count). The quantitative estimate of drug-likeness (QED) is 0.749. The van der Waals surface area contributed by atoms with Gasteiger partial charge in [0.05, 0.1) is 5.92 Å². The Morgan fingerprint density at radius 2 is 1.94 bits per heavy atom. The van der Waals surface area contributed by atoms with Gasteiger partial charge in [0.25, 0.3) is 0 Å². The highest BCUT2D eigenvalue weighted by atomic mass is 16.2. The highest BCUT2D eigenvalue weighted by molar-refractivity contribution is 5.79. The minimum absolute atomic E-state index is 0.159. The Labute approximate surface area is 108 Å². The van der Waals surface area contributed by atoms with Crippen molar-refractivity contribution in [1.29, 1.82) is 0 Å². The first-order valence-corrected chi connectivity index (χ1v) is 6.94. The molecule has 3 N–H and O–H groups in total. The van der Waals surface area contributed by atoms with Crippen LogP contribution >= 0.6 is 0 Å². The lowest BCUT2D eigenvalue weighted by atomic mass is 9.91. The summed E-state index contributed by atoms with van der Waals surface area (Å²) in [5.74, 6) is 0.596. The number of hydrogen-bond acceptors (Lipinski definition) is 3. The van der Waals surface area contributed by atoms with E-state index in [0.717, 1.165) is 51.9 Å². The summed E-state index contributed by atoms with van der Waals surface area (Å²) in [5.41, 5.74) is 5.21. The number of nitrogens with zero attached hydrogens (tertiary/aromatic N) is 1. The van der Waals surface area contributed by atoms with E-state index in [1.54, 1.807) is 0 Å². The number of amides is 2. The summed E-state index contributed by atoms with van der Waals surface area (Å²) in [6, 6.07) is 0. The molecule has 2 amide bonds. The molecule has 2 aliphatic heterocycles. The van der Waals surface area contributed by atoms with E-state index in [-0.39, 0.29) is 11.8 Å².